The molecule has 0 atom stereocenters. The molecule has 0 unspecified atom stereocenters. The van der Waals surface area contributed by atoms with E-state index in [9.17, 15) is 4.79 Å². The zero-order chi connectivity index (χ0) is 11.1. The van der Waals surface area contributed by atoms with E-state index in [1.54, 1.807) is 13.2 Å². The molecule has 0 aliphatic heterocycles. The Morgan fingerprint density at radius 2 is 2.33 bits per heavy atom. The van der Waals surface area contributed by atoms with Gasteiger partial charge < -0.3 is 15.2 Å². The van der Waals surface area contributed by atoms with Crippen molar-refractivity contribution < 1.29 is 4.79 Å². The van der Waals surface area contributed by atoms with Crippen molar-refractivity contribution in [2.75, 3.05) is 14.1 Å². The van der Waals surface area contributed by atoms with E-state index in [4.69, 9.17) is 0 Å². The van der Waals surface area contributed by atoms with Crippen LogP contribution in [0.4, 0.5) is 0 Å². The van der Waals surface area contributed by atoms with Gasteiger partial charge in [0.2, 0.25) is 5.91 Å². The molecule has 1 rings (SSSR count). The van der Waals surface area contributed by atoms with Crippen LogP contribution < -0.4 is 10.6 Å². The maximum atomic E-state index is 11.0. The topological polar surface area (TPSA) is 59.0 Å². The second-order valence-corrected chi connectivity index (χ2v) is 3.34. The van der Waals surface area contributed by atoms with E-state index in [0.717, 1.165) is 25.3 Å². The van der Waals surface area contributed by atoms with Crippen LogP contribution in [-0.2, 0) is 17.9 Å². The SMILES string of the molecule is CNCc1nccn1CCCC(=O)NC. The van der Waals surface area contributed by atoms with E-state index < -0.39 is 0 Å². The van der Waals surface area contributed by atoms with Crippen molar-refractivity contribution in [2.45, 2.75) is 25.9 Å². The minimum atomic E-state index is 0.0882. The summed E-state index contributed by atoms with van der Waals surface area (Å²) in [4.78, 5) is 15.2. The summed E-state index contributed by atoms with van der Waals surface area (Å²) in [7, 11) is 3.55. The summed E-state index contributed by atoms with van der Waals surface area (Å²) in [6.07, 6.45) is 5.13. The average molecular weight is 210 g/mol. The Morgan fingerprint density at radius 1 is 1.53 bits per heavy atom. The maximum Gasteiger partial charge on any atom is 0.219 e. The summed E-state index contributed by atoms with van der Waals surface area (Å²) in [6.45, 7) is 1.59. The fourth-order valence-corrected chi connectivity index (χ4v) is 1.40. The molecule has 0 spiro atoms. The maximum absolute atomic E-state index is 11.0. The van der Waals surface area contributed by atoms with Gasteiger partial charge >= 0.3 is 0 Å². The number of hydrogen-bond acceptors (Lipinski definition) is 3. The first kappa shape index (κ1) is 11.7. The van der Waals surface area contributed by atoms with Crippen LogP contribution >= 0.6 is 0 Å². The molecular weight excluding hydrogens is 192 g/mol. The Labute approximate surface area is 89.9 Å². The lowest BCUT2D eigenvalue weighted by Crippen LogP contribution is -2.18. The van der Waals surface area contributed by atoms with Crippen molar-refractivity contribution in [2.24, 2.45) is 0 Å². The molecule has 0 fully saturated rings. The van der Waals surface area contributed by atoms with E-state index in [1.165, 1.54) is 0 Å². The largest absolute Gasteiger partial charge is 0.359 e. The number of hydrogen-bond donors (Lipinski definition) is 2. The van der Waals surface area contributed by atoms with Crippen molar-refractivity contribution in [3.8, 4) is 0 Å². The highest BCUT2D eigenvalue weighted by Gasteiger charge is 2.02. The van der Waals surface area contributed by atoms with Crippen LogP contribution in [0.15, 0.2) is 12.4 Å². The summed E-state index contributed by atoms with van der Waals surface area (Å²) < 4.78 is 2.07. The number of amides is 1. The molecule has 1 heterocycles. The highest BCUT2D eigenvalue weighted by Crippen LogP contribution is 2.01. The number of imidazole rings is 1. The molecule has 84 valence electrons. The predicted octanol–water partition coefficient (Wildman–Crippen LogP) is 0.129. The summed E-state index contributed by atoms with van der Waals surface area (Å²) in [6, 6.07) is 0. The number of nitrogens with zero attached hydrogens (tertiary/aromatic N) is 2. The van der Waals surface area contributed by atoms with Crippen LogP contribution in [0.2, 0.25) is 0 Å². The molecule has 5 heteroatoms. The van der Waals surface area contributed by atoms with Gasteiger partial charge in [-0.25, -0.2) is 4.98 Å². The third-order valence-corrected chi connectivity index (χ3v) is 2.22. The van der Waals surface area contributed by atoms with Crippen molar-refractivity contribution >= 4 is 5.91 Å². The van der Waals surface area contributed by atoms with Crippen LogP contribution in [0.25, 0.3) is 0 Å². The highest BCUT2D eigenvalue weighted by atomic mass is 16.1. The number of rotatable bonds is 6. The smallest absolute Gasteiger partial charge is 0.219 e. The third kappa shape index (κ3) is 3.71. The summed E-state index contributed by atoms with van der Waals surface area (Å²) in [5, 5.41) is 5.67. The molecule has 15 heavy (non-hydrogen) atoms. The Morgan fingerprint density at radius 3 is 3.00 bits per heavy atom. The van der Waals surface area contributed by atoms with Crippen molar-refractivity contribution in [1.29, 1.82) is 0 Å². The third-order valence-electron chi connectivity index (χ3n) is 2.22. The Bertz CT molecular complexity index is 308. The van der Waals surface area contributed by atoms with Gasteiger partial charge in [0.05, 0.1) is 6.54 Å². The normalized spacial score (nSPS) is 10.3. The second-order valence-electron chi connectivity index (χ2n) is 3.34. The first-order chi connectivity index (χ1) is 7.27. The minimum Gasteiger partial charge on any atom is -0.359 e. The molecule has 1 aromatic rings. The molecule has 1 amide bonds. The molecular formula is C10H18N4O. The highest BCUT2D eigenvalue weighted by molar-refractivity contribution is 5.75. The Kier molecular flexibility index (Phi) is 4.83. The van der Waals surface area contributed by atoms with Gasteiger partial charge in [0.15, 0.2) is 0 Å². The number of carbonyl (C=O) groups is 1. The molecule has 0 saturated carbocycles. The van der Waals surface area contributed by atoms with E-state index in [1.807, 2.05) is 13.2 Å². The lowest BCUT2D eigenvalue weighted by atomic mass is 10.3. The Balaban J connectivity index is 2.36. The van der Waals surface area contributed by atoms with Crippen molar-refractivity contribution in [1.82, 2.24) is 20.2 Å². The Hall–Kier alpha value is -1.36. The predicted molar refractivity (Wildman–Crippen MR) is 58.3 cm³/mol. The molecule has 1 aromatic heterocycles. The van der Waals surface area contributed by atoms with E-state index in [-0.39, 0.29) is 5.91 Å². The molecule has 0 aromatic carbocycles. The van der Waals surface area contributed by atoms with Gasteiger partial charge in [-0.05, 0) is 13.5 Å². The van der Waals surface area contributed by atoms with Gasteiger partial charge in [-0.1, -0.05) is 0 Å². The lowest BCUT2D eigenvalue weighted by Gasteiger charge is -2.06. The average Bonchev–Trinajstić information content (AvgIpc) is 2.66. The standard InChI is InChI=1S/C10H18N4O/c1-11-8-9-13-5-7-14(9)6-3-4-10(15)12-2/h5,7,11H,3-4,6,8H2,1-2H3,(H,12,15). The summed E-state index contributed by atoms with van der Waals surface area (Å²) in [5.74, 6) is 1.10. The molecule has 5 nitrogen and oxygen atoms in total. The second kappa shape index (κ2) is 6.19. The number of carbonyl (C=O) groups excluding carboxylic acids is 1. The zero-order valence-electron chi connectivity index (χ0n) is 9.29. The first-order valence-electron chi connectivity index (χ1n) is 5.13. The van der Waals surface area contributed by atoms with E-state index in [2.05, 4.69) is 20.2 Å². The zero-order valence-corrected chi connectivity index (χ0v) is 9.29. The quantitative estimate of drug-likeness (QED) is 0.701. The van der Waals surface area contributed by atoms with E-state index >= 15 is 0 Å². The first-order valence-corrected chi connectivity index (χ1v) is 5.13. The molecule has 0 radical (unpaired) electrons. The van der Waals surface area contributed by atoms with Crippen molar-refractivity contribution in [3.05, 3.63) is 18.2 Å². The number of aromatic nitrogens is 2. The van der Waals surface area contributed by atoms with Crippen LogP contribution in [0, 0.1) is 0 Å². The fraction of sp³-hybridized carbons (Fsp3) is 0.600. The van der Waals surface area contributed by atoms with Gasteiger partial charge in [0.1, 0.15) is 5.82 Å². The summed E-state index contributed by atoms with van der Waals surface area (Å²) in [5.41, 5.74) is 0. The number of aryl methyl sites for hydroxylation is 1. The molecule has 0 aliphatic carbocycles. The molecule has 0 bridgehead atoms. The van der Waals surface area contributed by atoms with Gasteiger partial charge in [0.25, 0.3) is 0 Å². The molecule has 0 aliphatic rings. The monoisotopic (exact) mass is 210 g/mol. The fourth-order valence-electron chi connectivity index (χ4n) is 1.40. The van der Waals surface area contributed by atoms with Gasteiger partial charge in [0, 0.05) is 32.4 Å². The molecule has 0 saturated heterocycles. The summed E-state index contributed by atoms with van der Waals surface area (Å²) >= 11 is 0. The van der Waals surface area contributed by atoms with E-state index in [0.29, 0.717) is 6.42 Å². The van der Waals surface area contributed by atoms with Crippen molar-refractivity contribution in [3.63, 3.8) is 0 Å². The van der Waals surface area contributed by atoms with Gasteiger partial charge in [-0.3, -0.25) is 4.79 Å². The van der Waals surface area contributed by atoms with Crippen LogP contribution in [0.5, 0.6) is 0 Å². The lowest BCUT2D eigenvalue weighted by molar-refractivity contribution is -0.120. The van der Waals surface area contributed by atoms with Crippen LogP contribution in [0.1, 0.15) is 18.7 Å². The van der Waals surface area contributed by atoms with Gasteiger partial charge in [-0.15, -0.1) is 0 Å². The number of nitrogens with one attached hydrogen (secondary N) is 2. The van der Waals surface area contributed by atoms with Crippen LogP contribution in [-0.4, -0.2) is 29.6 Å². The van der Waals surface area contributed by atoms with Gasteiger partial charge in [-0.2, -0.15) is 0 Å². The van der Waals surface area contributed by atoms with Crippen LogP contribution in [0.3, 0.4) is 0 Å². The molecule has 2 N–H and O–H groups in total. The minimum absolute atomic E-state index is 0.0882.